The molecule has 1 N–H and O–H groups in total. The van der Waals surface area contributed by atoms with Crippen LogP contribution in [-0.4, -0.2) is 37.7 Å². The number of hydrogen-bond acceptors (Lipinski definition) is 3. The third kappa shape index (κ3) is 4.71. The molecule has 3 aromatic carbocycles. The summed E-state index contributed by atoms with van der Waals surface area (Å²) in [7, 11) is 1.71. The molecule has 3 nitrogen and oxygen atoms in total. The molecule has 1 unspecified atom stereocenters. The minimum absolute atomic E-state index is 0.381. The van der Waals surface area contributed by atoms with Crippen molar-refractivity contribution >= 4 is 38.8 Å². The minimum Gasteiger partial charge on any atom is -0.497 e. The van der Waals surface area contributed by atoms with Gasteiger partial charge in [0.2, 0.25) is 0 Å². The summed E-state index contributed by atoms with van der Waals surface area (Å²) < 4.78 is 5.47. The van der Waals surface area contributed by atoms with Crippen LogP contribution in [0.15, 0.2) is 42.5 Å². The molecular formula is C24H31ClN2O. The number of ether oxygens (including phenoxy) is 1. The number of rotatable bonds is 9. The number of methoxy groups -OCH3 is 1. The predicted molar refractivity (Wildman–Crippen MR) is 123 cm³/mol. The second-order valence-electron chi connectivity index (χ2n) is 7.42. The van der Waals surface area contributed by atoms with E-state index in [4.69, 9.17) is 16.3 Å². The zero-order chi connectivity index (χ0) is 20.1. The van der Waals surface area contributed by atoms with Crippen LogP contribution in [0.25, 0.3) is 21.5 Å². The standard InChI is InChI=1S/C24H31ClN2O/c1-5-27(6-2)13-7-8-17(3)26-24-22-12-10-20(25)15-19(22)14-18-9-11-21(28-4)16-23(18)24/h9-12,14-17,26H,5-8,13H2,1-4H3. The van der Waals surface area contributed by atoms with E-state index in [-0.39, 0.29) is 0 Å². The molecule has 150 valence electrons. The molecule has 3 rings (SSSR count). The number of benzene rings is 3. The van der Waals surface area contributed by atoms with Gasteiger partial charge >= 0.3 is 0 Å². The summed E-state index contributed by atoms with van der Waals surface area (Å²) in [6.45, 7) is 10.1. The largest absolute Gasteiger partial charge is 0.497 e. The Morgan fingerprint density at radius 3 is 2.50 bits per heavy atom. The van der Waals surface area contributed by atoms with Gasteiger partial charge in [-0.15, -0.1) is 0 Å². The summed E-state index contributed by atoms with van der Waals surface area (Å²) in [6, 6.07) is 14.9. The lowest BCUT2D eigenvalue weighted by Crippen LogP contribution is -2.25. The Labute approximate surface area is 173 Å². The average Bonchev–Trinajstić information content (AvgIpc) is 2.70. The van der Waals surface area contributed by atoms with Crippen LogP contribution in [0.2, 0.25) is 5.02 Å². The highest BCUT2D eigenvalue weighted by atomic mass is 35.5. The highest BCUT2D eigenvalue weighted by Crippen LogP contribution is 2.36. The average molecular weight is 399 g/mol. The number of hydrogen-bond donors (Lipinski definition) is 1. The van der Waals surface area contributed by atoms with E-state index in [0.717, 1.165) is 42.2 Å². The first-order valence-electron chi connectivity index (χ1n) is 10.2. The van der Waals surface area contributed by atoms with Crippen molar-refractivity contribution in [3.8, 4) is 5.75 Å². The molecule has 3 aromatic rings. The van der Waals surface area contributed by atoms with Gasteiger partial charge in [-0.1, -0.05) is 37.6 Å². The number of anilines is 1. The summed E-state index contributed by atoms with van der Waals surface area (Å²) in [5.41, 5.74) is 1.17. The summed E-state index contributed by atoms with van der Waals surface area (Å²) >= 11 is 6.26. The van der Waals surface area contributed by atoms with E-state index in [1.54, 1.807) is 7.11 Å². The van der Waals surface area contributed by atoms with Gasteiger partial charge in [0.05, 0.1) is 12.8 Å². The summed E-state index contributed by atoms with van der Waals surface area (Å²) in [5.74, 6) is 0.873. The topological polar surface area (TPSA) is 24.5 Å². The molecule has 0 aliphatic heterocycles. The van der Waals surface area contributed by atoms with Crippen LogP contribution in [0.5, 0.6) is 5.75 Å². The van der Waals surface area contributed by atoms with Gasteiger partial charge < -0.3 is 15.0 Å². The normalized spacial score (nSPS) is 12.6. The molecule has 0 fully saturated rings. The third-order valence-electron chi connectivity index (χ3n) is 5.52. The van der Waals surface area contributed by atoms with Gasteiger partial charge in [-0.05, 0) is 80.5 Å². The van der Waals surface area contributed by atoms with E-state index in [0.29, 0.717) is 6.04 Å². The van der Waals surface area contributed by atoms with Gasteiger partial charge in [-0.3, -0.25) is 0 Å². The minimum atomic E-state index is 0.381. The van der Waals surface area contributed by atoms with Crippen molar-refractivity contribution in [2.75, 3.05) is 32.1 Å². The van der Waals surface area contributed by atoms with Gasteiger partial charge in [0, 0.05) is 21.8 Å². The third-order valence-corrected chi connectivity index (χ3v) is 5.76. The first kappa shape index (κ1) is 20.8. The predicted octanol–water partition coefficient (Wildman–Crippen LogP) is 6.58. The fourth-order valence-electron chi connectivity index (χ4n) is 3.83. The molecule has 0 spiro atoms. The molecule has 0 heterocycles. The fourth-order valence-corrected chi connectivity index (χ4v) is 4.01. The number of nitrogens with one attached hydrogen (secondary N) is 1. The lowest BCUT2D eigenvalue weighted by Gasteiger charge is -2.22. The second-order valence-corrected chi connectivity index (χ2v) is 7.86. The van der Waals surface area contributed by atoms with Crippen LogP contribution in [0, 0.1) is 0 Å². The van der Waals surface area contributed by atoms with Crippen molar-refractivity contribution in [1.82, 2.24) is 4.90 Å². The molecule has 28 heavy (non-hydrogen) atoms. The van der Waals surface area contributed by atoms with Crippen molar-refractivity contribution in [1.29, 1.82) is 0 Å². The molecular weight excluding hydrogens is 368 g/mol. The Kier molecular flexibility index (Phi) is 7.03. The van der Waals surface area contributed by atoms with Gasteiger partial charge in [0.25, 0.3) is 0 Å². The molecule has 0 aliphatic carbocycles. The SMILES string of the molecule is CCN(CC)CCCC(C)Nc1c2ccc(Cl)cc2cc2ccc(OC)cc12. The Morgan fingerprint density at radius 1 is 1.00 bits per heavy atom. The summed E-state index contributed by atoms with van der Waals surface area (Å²) in [5, 5.41) is 9.28. The van der Waals surface area contributed by atoms with Crippen LogP contribution >= 0.6 is 11.6 Å². The highest BCUT2D eigenvalue weighted by Gasteiger charge is 2.12. The van der Waals surface area contributed by atoms with Crippen molar-refractivity contribution in [3.63, 3.8) is 0 Å². The monoisotopic (exact) mass is 398 g/mol. The Hall–Kier alpha value is -1.97. The fraction of sp³-hybridized carbons (Fsp3) is 0.417. The molecule has 0 bridgehead atoms. The smallest absolute Gasteiger partial charge is 0.119 e. The maximum atomic E-state index is 6.26. The van der Waals surface area contributed by atoms with Crippen LogP contribution < -0.4 is 10.1 Å². The Bertz CT molecular complexity index is 937. The maximum absolute atomic E-state index is 6.26. The highest BCUT2D eigenvalue weighted by molar-refractivity contribution is 6.31. The van der Waals surface area contributed by atoms with Gasteiger partial charge in [-0.25, -0.2) is 0 Å². The van der Waals surface area contributed by atoms with Crippen molar-refractivity contribution in [2.24, 2.45) is 0 Å². The zero-order valence-corrected chi connectivity index (χ0v) is 18.1. The van der Waals surface area contributed by atoms with E-state index < -0.39 is 0 Å². The number of nitrogens with zero attached hydrogens (tertiary/aromatic N) is 1. The molecule has 1 atom stereocenters. The molecule has 0 aromatic heterocycles. The Balaban J connectivity index is 1.92. The quantitative estimate of drug-likeness (QED) is 0.412. The maximum Gasteiger partial charge on any atom is 0.119 e. The number of halogens is 1. The van der Waals surface area contributed by atoms with Gasteiger partial charge in [-0.2, -0.15) is 0 Å². The van der Waals surface area contributed by atoms with Crippen LogP contribution in [0.3, 0.4) is 0 Å². The molecule has 0 amide bonds. The molecule has 0 aliphatic rings. The first-order valence-corrected chi connectivity index (χ1v) is 10.6. The van der Waals surface area contributed by atoms with Crippen LogP contribution in [0.4, 0.5) is 5.69 Å². The molecule has 0 saturated carbocycles. The lowest BCUT2D eigenvalue weighted by atomic mass is 9.99. The first-order chi connectivity index (χ1) is 13.5. The van der Waals surface area contributed by atoms with Crippen molar-refractivity contribution in [3.05, 3.63) is 47.5 Å². The van der Waals surface area contributed by atoms with E-state index in [1.807, 2.05) is 18.2 Å². The second kappa shape index (κ2) is 9.49. The molecule has 0 saturated heterocycles. The zero-order valence-electron chi connectivity index (χ0n) is 17.4. The van der Waals surface area contributed by atoms with E-state index in [1.165, 1.54) is 28.3 Å². The van der Waals surface area contributed by atoms with Crippen molar-refractivity contribution < 1.29 is 4.74 Å². The van der Waals surface area contributed by atoms with Gasteiger partial charge in [0.15, 0.2) is 0 Å². The summed E-state index contributed by atoms with van der Waals surface area (Å²) in [4.78, 5) is 2.48. The lowest BCUT2D eigenvalue weighted by molar-refractivity contribution is 0.295. The van der Waals surface area contributed by atoms with E-state index in [2.05, 4.69) is 55.3 Å². The summed E-state index contributed by atoms with van der Waals surface area (Å²) in [6.07, 6.45) is 2.32. The van der Waals surface area contributed by atoms with Crippen LogP contribution in [-0.2, 0) is 0 Å². The van der Waals surface area contributed by atoms with Crippen LogP contribution in [0.1, 0.15) is 33.6 Å². The molecule has 0 radical (unpaired) electrons. The number of fused-ring (bicyclic) bond motifs is 2. The van der Waals surface area contributed by atoms with E-state index >= 15 is 0 Å². The van der Waals surface area contributed by atoms with Gasteiger partial charge in [0.1, 0.15) is 5.75 Å². The molecule has 4 heteroatoms. The van der Waals surface area contributed by atoms with E-state index in [9.17, 15) is 0 Å². The van der Waals surface area contributed by atoms with Crippen molar-refractivity contribution in [2.45, 2.75) is 39.7 Å². The Morgan fingerprint density at radius 2 is 1.79 bits per heavy atom.